The number of hydrogen-bond acceptors (Lipinski definition) is 3. The van der Waals surface area contributed by atoms with E-state index in [0.717, 1.165) is 84.2 Å². The van der Waals surface area contributed by atoms with E-state index in [1.807, 2.05) is 31.2 Å². The van der Waals surface area contributed by atoms with Gasteiger partial charge in [0, 0.05) is 43.9 Å². The van der Waals surface area contributed by atoms with Crippen LogP contribution in [0.5, 0.6) is 0 Å². The van der Waals surface area contributed by atoms with Crippen molar-refractivity contribution in [2.45, 2.75) is 13.3 Å². The zero-order valence-corrected chi connectivity index (χ0v) is 40.8. The highest BCUT2D eigenvalue weighted by Crippen LogP contribution is 2.46. The van der Waals surface area contributed by atoms with E-state index >= 15 is 0 Å². The van der Waals surface area contributed by atoms with Crippen LogP contribution in [0.1, 0.15) is 12.5 Å². The Hall–Kier alpha value is -9.71. The van der Waals surface area contributed by atoms with E-state index < -0.39 is 0 Å². The molecule has 13 rings (SSSR count). The summed E-state index contributed by atoms with van der Waals surface area (Å²) in [7, 11) is 0. The highest BCUT2D eigenvalue weighted by molar-refractivity contribution is 6.22. The SMILES string of the molecule is C/C=C\C=C/Cc1ccccc1-c1nc(-c2ccccc2)nc(-c2ccc(-c3ccccc3)cc2-n2c3ccccc3c3c(-c4cccc5c4c4ccc(-c6ccccc6)cc4n5-c4ccccc4)cccc32)n1. The molecule has 3 aromatic heterocycles. The first kappa shape index (κ1) is 44.2. The standard InChI is InChI=1S/C69H49N5/c1-2-3-4-9-28-49-29-18-19-34-54(49)68-70-67(50-30-14-7-15-31-50)71-69(72-68)59-44-42-52(48-26-12-6-13-27-48)46-64(59)74-60-38-21-20-35-57(60)65-55(37-23-40-62(65)74)56-36-22-39-61-66(56)58-43-41-51(47-24-10-5-11-25-47)45-63(58)73(61)53-32-16-8-17-33-53/h2-27,29-46H,28H2,1H3/b3-2-,9-4-. The van der Waals surface area contributed by atoms with Crippen LogP contribution in [-0.2, 0) is 6.42 Å². The molecule has 0 bridgehead atoms. The van der Waals surface area contributed by atoms with E-state index in [-0.39, 0.29) is 0 Å². The van der Waals surface area contributed by atoms with Crippen molar-refractivity contribution in [3.05, 3.63) is 273 Å². The Morgan fingerprint density at radius 1 is 0.351 bits per heavy atom. The minimum Gasteiger partial charge on any atom is -0.309 e. The number of aromatic nitrogens is 5. The summed E-state index contributed by atoms with van der Waals surface area (Å²) in [5, 5.41) is 4.75. The van der Waals surface area contributed by atoms with Gasteiger partial charge in [0.2, 0.25) is 0 Å². The molecule has 0 amide bonds. The Morgan fingerprint density at radius 2 is 0.865 bits per heavy atom. The zero-order valence-electron chi connectivity index (χ0n) is 40.8. The third-order valence-electron chi connectivity index (χ3n) is 14.2. The first-order chi connectivity index (χ1) is 36.7. The smallest absolute Gasteiger partial charge is 0.166 e. The number of nitrogens with zero attached hydrogens (tertiary/aromatic N) is 5. The van der Waals surface area contributed by atoms with Crippen LogP contribution in [0.15, 0.2) is 267 Å². The normalized spacial score (nSPS) is 11.8. The molecule has 13 aromatic rings. The van der Waals surface area contributed by atoms with Gasteiger partial charge in [0.25, 0.3) is 0 Å². The molecule has 0 unspecified atom stereocenters. The van der Waals surface area contributed by atoms with Crippen LogP contribution in [0.25, 0.3) is 123 Å². The van der Waals surface area contributed by atoms with E-state index in [1.54, 1.807) is 0 Å². The number of benzene rings is 10. The average molecular weight is 948 g/mol. The van der Waals surface area contributed by atoms with E-state index in [9.17, 15) is 0 Å². The third kappa shape index (κ3) is 7.88. The Labute approximate surface area is 430 Å². The molecule has 5 heteroatoms. The molecule has 0 saturated carbocycles. The fourth-order valence-corrected chi connectivity index (χ4v) is 10.8. The molecule has 0 atom stereocenters. The molecule has 74 heavy (non-hydrogen) atoms. The van der Waals surface area contributed by atoms with Crippen LogP contribution >= 0.6 is 0 Å². The summed E-state index contributed by atoms with van der Waals surface area (Å²) < 4.78 is 4.86. The fraction of sp³-hybridized carbons (Fsp3) is 0.0290. The average Bonchev–Trinajstić information content (AvgIpc) is 4.02. The van der Waals surface area contributed by atoms with Crippen LogP contribution in [0.3, 0.4) is 0 Å². The number of hydrogen-bond donors (Lipinski definition) is 0. The van der Waals surface area contributed by atoms with Gasteiger partial charge >= 0.3 is 0 Å². The van der Waals surface area contributed by atoms with Crippen molar-refractivity contribution in [3.63, 3.8) is 0 Å². The van der Waals surface area contributed by atoms with Gasteiger partial charge < -0.3 is 9.13 Å². The molecule has 0 aliphatic carbocycles. The second-order valence-corrected chi connectivity index (χ2v) is 18.6. The maximum absolute atomic E-state index is 5.44. The number of fused-ring (bicyclic) bond motifs is 6. The molecule has 0 aliphatic rings. The van der Waals surface area contributed by atoms with E-state index in [4.69, 9.17) is 15.0 Å². The van der Waals surface area contributed by atoms with Crippen LogP contribution in [0.2, 0.25) is 0 Å². The summed E-state index contributed by atoms with van der Waals surface area (Å²) in [4.78, 5) is 16.0. The van der Waals surface area contributed by atoms with Gasteiger partial charge in [0.05, 0.1) is 27.8 Å². The van der Waals surface area contributed by atoms with Crippen molar-refractivity contribution in [1.82, 2.24) is 24.1 Å². The summed E-state index contributed by atoms with van der Waals surface area (Å²) in [6.45, 7) is 2.03. The maximum Gasteiger partial charge on any atom is 0.166 e. The monoisotopic (exact) mass is 947 g/mol. The molecule has 10 aromatic carbocycles. The van der Waals surface area contributed by atoms with Gasteiger partial charge in [0.15, 0.2) is 17.5 Å². The maximum atomic E-state index is 5.44. The van der Waals surface area contributed by atoms with Crippen molar-refractivity contribution in [3.8, 4) is 78.9 Å². The van der Waals surface area contributed by atoms with Gasteiger partial charge in [-0.15, -0.1) is 0 Å². The molecule has 3 heterocycles. The highest BCUT2D eigenvalue weighted by Gasteiger charge is 2.24. The van der Waals surface area contributed by atoms with Gasteiger partial charge in [0.1, 0.15) is 0 Å². The molecule has 0 radical (unpaired) electrons. The summed E-state index contributed by atoms with van der Waals surface area (Å²) in [5.74, 6) is 1.84. The van der Waals surface area contributed by atoms with Crippen molar-refractivity contribution < 1.29 is 0 Å². The van der Waals surface area contributed by atoms with Crippen molar-refractivity contribution >= 4 is 43.6 Å². The minimum absolute atomic E-state index is 0.596. The molecular formula is C69H49N5. The summed E-state index contributed by atoms with van der Waals surface area (Å²) >= 11 is 0. The minimum atomic E-state index is 0.596. The topological polar surface area (TPSA) is 48.5 Å². The molecule has 0 spiro atoms. The highest BCUT2D eigenvalue weighted by atomic mass is 15.1. The molecule has 0 saturated heterocycles. The van der Waals surface area contributed by atoms with E-state index in [2.05, 4.69) is 252 Å². The van der Waals surface area contributed by atoms with Crippen LogP contribution in [0.4, 0.5) is 0 Å². The predicted octanol–water partition coefficient (Wildman–Crippen LogP) is 17.7. The molecule has 0 N–H and O–H groups in total. The summed E-state index contributed by atoms with van der Waals surface area (Å²) in [6.07, 6.45) is 9.10. The summed E-state index contributed by atoms with van der Waals surface area (Å²) in [5.41, 5.74) is 17.4. The van der Waals surface area contributed by atoms with Crippen molar-refractivity contribution in [2.75, 3.05) is 0 Å². The molecule has 0 fully saturated rings. The molecule has 350 valence electrons. The van der Waals surface area contributed by atoms with Gasteiger partial charge in [-0.2, -0.15) is 0 Å². The number of rotatable bonds is 11. The Bertz CT molecular complexity index is 4260. The number of para-hydroxylation sites is 2. The van der Waals surface area contributed by atoms with Crippen molar-refractivity contribution in [1.29, 1.82) is 0 Å². The van der Waals surface area contributed by atoms with E-state index in [1.165, 1.54) is 32.8 Å². The quantitative estimate of drug-likeness (QED) is 0.121. The van der Waals surface area contributed by atoms with Gasteiger partial charge in [-0.1, -0.05) is 218 Å². The van der Waals surface area contributed by atoms with Crippen LogP contribution in [-0.4, -0.2) is 24.1 Å². The van der Waals surface area contributed by atoms with Crippen LogP contribution < -0.4 is 0 Å². The first-order valence-electron chi connectivity index (χ1n) is 25.3. The predicted molar refractivity (Wildman–Crippen MR) is 309 cm³/mol. The van der Waals surface area contributed by atoms with Gasteiger partial charge in [-0.05, 0) is 101 Å². The van der Waals surface area contributed by atoms with Crippen LogP contribution in [0, 0.1) is 0 Å². The summed E-state index contributed by atoms with van der Waals surface area (Å²) in [6, 6.07) is 86.8. The lowest BCUT2D eigenvalue weighted by atomic mass is 9.95. The Kier molecular flexibility index (Phi) is 11.4. The zero-order chi connectivity index (χ0) is 49.4. The molecular weight excluding hydrogens is 899 g/mol. The third-order valence-corrected chi connectivity index (χ3v) is 14.2. The Balaban J connectivity index is 1.07. The Morgan fingerprint density at radius 3 is 1.55 bits per heavy atom. The first-order valence-corrected chi connectivity index (χ1v) is 25.3. The van der Waals surface area contributed by atoms with E-state index in [0.29, 0.717) is 17.5 Å². The van der Waals surface area contributed by atoms with Gasteiger partial charge in [-0.25, -0.2) is 15.0 Å². The van der Waals surface area contributed by atoms with Crippen molar-refractivity contribution in [2.24, 2.45) is 0 Å². The number of allylic oxidation sites excluding steroid dienone is 4. The largest absolute Gasteiger partial charge is 0.309 e. The second kappa shape index (κ2) is 19.1. The van der Waals surface area contributed by atoms with Gasteiger partial charge in [-0.3, -0.25) is 0 Å². The lowest BCUT2D eigenvalue weighted by molar-refractivity contribution is 1.06. The molecule has 5 nitrogen and oxygen atoms in total. The lowest BCUT2D eigenvalue weighted by Gasteiger charge is -2.17. The fourth-order valence-electron chi connectivity index (χ4n) is 10.8. The second-order valence-electron chi connectivity index (χ2n) is 18.6. The molecule has 0 aliphatic heterocycles. The lowest BCUT2D eigenvalue weighted by Crippen LogP contribution is -2.05.